The summed E-state index contributed by atoms with van der Waals surface area (Å²) in [4.78, 5) is 10.3. The molecule has 0 fully saturated rings. The molecule has 0 bridgehead atoms. The van der Waals surface area contributed by atoms with Gasteiger partial charge in [-0.25, -0.2) is 0 Å². The molecule has 0 heterocycles. The average molecular weight is 195 g/mol. The van der Waals surface area contributed by atoms with Crippen LogP contribution in [0.5, 0.6) is 0 Å². The van der Waals surface area contributed by atoms with Crippen molar-refractivity contribution in [3.05, 3.63) is 10.1 Å². The summed E-state index contributed by atoms with van der Waals surface area (Å²) < 4.78 is 4.93. The van der Waals surface area contributed by atoms with Crippen molar-refractivity contribution in [1.29, 1.82) is 0 Å². The van der Waals surface area contributed by atoms with Crippen LogP contribution in [0.25, 0.3) is 0 Å². The standard InChI is InChI=1S/C7H18NO3P/c1-5-12(4,6-2,7-3)11-8(9)10/h5-7H2,1-4H3. The first kappa shape index (κ1) is 11.6. The number of rotatable bonds is 5. The number of hydrogen-bond acceptors (Lipinski definition) is 3. The topological polar surface area (TPSA) is 52.4 Å². The summed E-state index contributed by atoms with van der Waals surface area (Å²) in [7, 11) is 0. The molecule has 0 spiro atoms. The van der Waals surface area contributed by atoms with E-state index in [2.05, 4.69) is 0 Å². The third kappa shape index (κ3) is 2.31. The molecule has 0 radical (unpaired) electrons. The molecular weight excluding hydrogens is 177 g/mol. The van der Waals surface area contributed by atoms with E-state index >= 15 is 0 Å². The summed E-state index contributed by atoms with van der Waals surface area (Å²) in [5, 5.41) is 9.68. The Bertz CT molecular complexity index is 168. The van der Waals surface area contributed by atoms with Crippen LogP contribution in [0.4, 0.5) is 0 Å². The molecule has 4 nitrogen and oxygen atoms in total. The van der Waals surface area contributed by atoms with Gasteiger partial charge in [0.2, 0.25) is 0 Å². The monoisotopic (exact) mass is 195 g/mol. The fraction of sp³-hybridized carbons (Fsp3) is 1.00. The van der Waals surface area contributed by atoms with Crippen molar-refractivity contribution in [1.82, 2.24) is 0 Å². The third-order valence-corrected chi connectivity index (χ3v) is 9.00. The predicted octanol–water partition coefficient (Wildman–Crippen LogP) is 2.35. The first-order chi connectivity index (χ1) is 5.40. The van der Waals surface area contributed by atoms with Gasteiger partial charge >= 0.3 is 72.6 Å². The first-order valence-corrected chi connectivity index (χ1v) is 7.40. The molecule has 0 unspecified atom stereocenters. The zero-order valence-corrected chi connectivity index (χ0v) is 9.13. The second-order valence-corrected chi connectivity index (χ2v) is 9.88. The van der Waals surface area contributed by atoms with Crippen LogP contribution in [0.2, 0.25) is 0 Å². The van der Waals surface area contributed by atoms with E-state index in [9.17, 15) is 10.1 Å². The van der Waals surface area contributed by atoms with Gasteiger partial charge in [0.1, 0.15) is 0 Å². The second kappa shape index (κ2) is 3.56. The van der Waals surface area contributed by atoms with Crippen LogP contribution in [0.3, 0.4) is 0 Å². The quantitative estimate of drug-likeness (QED) is 0.384. The third-order valence-electron chi connectivity index (χ3n) is 3.00. The SMILES string of the molecule is CCP(C)(CC)(CC)O[N+](=O)[O-]. The maximum absolute atomic E-state index is 10.3. The van der Waals surface area contributed by atoms with E-state index in [1.807, 2.05) is 27.4 Å². The summed E-state index contributed by atoms with van der Waals surface area (Å²) in [5.41, 5.74) is 0. The van der Waals surface area contributed by atoms with Crippen LogP contribution in [0.1, 0.15) is 20.8 Å². The Morgan fingerprint density at radius 3 is 1.67 bits per heavy atom. The summed E-state index contributed by atoms with van der Waals surface area (Å²) in [6, 6.07) is 0. The van der Waals surface area contributed by atoms with Gasteiger partial charge in [-0.3, -0.25) is 0 Å². The van der Waals surface area contributed by atoms with Crippen LogP contribution in [0.15, 0.2) is 0 Å². The van der Waals surface area contributed by atoms with Crippen molar-refractivity contribution in [2.24, 2.45) is 0 Å². The Labute approximate surface area is 73.4 Å². The van der Waals surface area contributed by atoms with Gasteiger partial charge in [-0.2, -0.15) is 0 Å². The summed E-state index contributed by atoms with van der Waals surface area (Å²) in [6.07, 6.45) is 2.33. The number of nitrogens with zero attached hydrogens (tertiary/aromatic N) is 1. The van der Waals surface area contributed by atoms with Crippen molar-refractivity contribution in [3.63, 3.8) is 0 Å². The van der Waals surface area contributed by atoms with E-state index in [4.69, 9.17) is 4.62 Å². The van der Waals surface area contributed by atoms with Crippen LogP contribution in [-0.4, -0.2) is 30.2 Å². The molecular formula is C7H18NO3P. The van der Waals surface area contributed by atoms with Gasteiger partial charge in [-0.05, 0) is 0 Å². The van der Waals surface area contributed by atoms with Crippen LogP contribution < -0.4 is 0 Å². The van der Waals surface area contributed by atoms with E-state index in [0.717, 1.165) is 18.5 Å². The normalized spacial score (nSPS) is 14.8. The van der Waals surface area contributed by atoms with Gasteiger partial charge in [0.05, 0.1) is 0 Å². The molecule has 0 atom stereocenters. The molecule has 0 saturated heterocycles. The van der Waals surface area contributed by atoms with Crippen molar-refractivity contribution in [2.45, 2.75) is 20.8 Å². The molecule has 0 aliphatic heterocycles. The second-order valence-electron chi connectivity index (χ2n) is 3.44. The fourth-order valence-electron chi connectivity index (χ4n) is 1.05. The molecule has 0 saturated carbocycles. The van der Waals surface area contributed by atoms with E-state index in [1.54, 1.807) is 0 Å². The molecule has 5 heteroatoms. The van der Waals surface area contributed by atoms with Gasteiger partial charge in [0.15, 0.2) is 0 Å². The average Bonchev–Trinajstić information content (AvgIpc) is 2.04. The summed E-state index contributed by atoms with van der Waals surface area (Å²) in [6.45, 7) is 5.39. The van der Waals surface area contributed by atoms with Crippen LogP contribution in [0, 0.1) is 10.1 Å². The van der Waals surface area contributed by atoms with Gasteiger partial charge in [-0.15, -0.1) is 0 Å². The van der Waals surface area contributed by atoms with Crippen LogP contribution >= 0.6 is 6.83 Å². The minimum atomic E-state index is -2.45. The van der Waals surface area contributed by atoms with Crippen LogP contribution in [-0.2, 0) is 4.62 Å². The van der Waals surface area contributed by atoms with Crippen molar-refractivity contribution >= 4 is 6.83 Å². The number of hydrogen-bond donors (Lipinski definition) is 0. The zero-order valence-electron chi connectivity index (χ0n) is 8.24. The Balaban J connectivity index is 4.69. The fourth-order valence-corrected chi connectivity index (χ4v) is 3.16. The van der Waals surface area contributed by atoms with E-state index < -0.39 is 11.9 Å². The Morgan fingerprint density at radius 2 is 1.58 bits per heavy atom. The van der Waals surface area contributed by atoms with Crippen molar-refractivity contribution in [3.8, 4) is 0 Å². The molecule has 0 aliphatic carbocycles. The maximum atomic E-state index is 10.3. The zero-order chi connectivity index (χ0) is 9.85. The van der Waals surface area contributed by atoms with Gasteiger partial charge in [0, 0.05) is 0 Å². The minimum absolute atomic E-state index is 0.631. The molecule has 74 valence electrons. The predicted molar refractivity (Wildman–Crippen MR) is 52.5 cm³/mol. The van der Waals surface area contributed by atoms with Gasteiger partial charge < -0.3 is 0 Å². The van der Waals surface area contributed by atoms with Gasteiger partial charge in [0.25, 0.3) is 0 Å². The van der Waals surface area contributed by atoms with Crippen molar-refractivity contribution in [2.75, 3.05) is 25.2 Å². The van der Waals surface area contributed by atoms with Gasteiger partial charge in [-0.1, -0.05) is 0 Å². The molecule has 0 rings (SSSR count). The molecule has 0 aromatic carbocycles. The molecule has 0 amide bonds. The molecule has 0 aliphatic rings. The Kier molecular flexibility index (Phi) is 3.45. The first-order valence-electron chi connectivity index (χ1n) is 4.25. The molecule has 0 aromatic rings. The molecule has 0 aromatic heterocycles. The van der Waals surface area contributed by atoms with Crippen molar-refractivity contribution < 1.29 is 9.71 Å². The van der Waals surface area contributed by atoms with E-state index in [-0.39, 0.29) is 0 Å². The van der Waals surface area contributed by atoms with E-state index in [1.165, 1.54) is 0 Å². The van der Waals surface area contributed by atoms with E-state index in [0.29, 0.717) is 0 Å². The summed E-state index contributed by atoms with van der Waals surface area (Å²) in [5.74, 6) is 0. The Morgan fingerprint density at radius 1 is 1.25 bits per heavy atom. The summed E-state index contributed by atoms with van der Waals surface area (Å²) >= 11 is 0. The molecule has 0 N–H and O–H groups in total. The Hall–Kier alpha value is -0.370. The molecule has 12 heavy (non-hydrogen) atoms.